The van der Waals surface area contributed by atoms with Gasteiger partial charge in [0.25, 0.3) is 5.91 Å². The van der Waals surface area contributed by atoms with Crippen molar-refractivity contribution in [2.75, 3.05) is 19.6 Å². The van der Waals surface area contributed by atoms with Gasteiger partial charge in [-0.05, 0) is 46.6 Å². The Kier molecular flexibility index (Phi) is 4.14. The molecule has 0 spiro atoms. The summed E-state index contributed by atoms with van der Waals surface area (Å²) >= 11 is 0. The molecule has 7 heteroatoms. The molecule has 0 saturated carbocycles. The van der Waals surface area contributed by atoms with E-state index in [4.69, 9.17) is 4.52 Å². The van der Waals surface area contributed by atoms with Crippen LogP contribution in [-0.2, 0) is 4.79 Å². The third-order valence-electron chi connectivity index (χ3n) is 4.61. The van der Waals surface area contributed by atoms with Crippen molar-refractivity contribution in [2.45, 2.75) is 51.6 Å². The lowest BCUT2D eigenvalue weighted by Crippen LogP contribution is -2.40. The number of rotatable bonds is 5. The summed E-state index contributed by atoms with van der Waals surface area (Å²) in [4.78, 5) is 27.7. The second-order valence-corrected chi connectivity index (χ2v) is 6.93. The summed E-state index contributed by atoms with van der Waals surface area (Å²) in [6.07, 6.45) is 2.95. The van der Waals surface area contributed by atoms with Gasteiger partial charge in [0.15, 0.2) is 5.76 Å². The average Bonchev–Trinajstić information content (AvgIpc) is 3.14. The van der Waals surface area contributed by atoms with Gasteiger partial charge in [-0.25, -0.2) is 4.79 Å². The van der Waals surface area contributed by atoms with E-state index in [1.165, 1.54) is 4.90 Å². The monoisotopic (exact) mass is 320 g/mol. The molecule has 1 aromatic rings. The zero-order valence-corrected chi connectivity index (χ0v) is 14.0. The fourth-order valence-corrected chi connectivity index (χ4v) is 3.41. The molecule has 0 bridgehead atoms. The molecule has 0 unspecified atom stereocenters. The van der Waals surface area contributed by atoms with Crippen molar-refractivity contribution >= 4 is 11.9 Å². The van der Waals surface area contributed by atoms with Crippen LogP contribution < -0.4 is 5.32 Å². The fraction of sp³-hybridized carbons (Fsp3) is 0.688. The van der Waals surface area contributed by atoms with Gasteiger partial charge < -0.3 is 9.84 Å². The molecule has 2 fully saturated rings. The molecule has 2 aliphatic rings. The molecule has 2 saturated heterocycles. The standard InChI is InChI=1S/C16H24N4O3/c1-11-10-13(23-18-11)12-6-4-7-19(12)8-5-9-20-14(21)16(2,3)17-15(20)22/h10,12H,4-9H2,1-3H3,(H,17,22)/t12-/m0/s1. The number of hydrogen-bond donors (Lipinski definition) is 1. The summed E-state index contributed by atoms with van der Waals surface area (Å²) in [5, 5.41) is 6.68. The molecule has 3 heterocycles. The molecule has 3 rings (SSSR count). The van der Waals surface area contributed by atoms with Gasteiger partial charge in [-0.15, -0.1) is 0 Å². The molecule has 0 radical (unpaired) electrons. The van der Waals surface area contributed by atoms with Crippen molar-refractivity contribution in [1.29, 1.82) is 0 Å². The molecule has 3 amide bonds. The SMILES string of the molecule is Cc1cc([C@@H]2CCCN2CCCN2C(=O)NC(C)(C)C2=O)on1. The maximum absolute atomic E-state index is 12.2. The van der Waals surface area contributed by atoms with Gasteiger partial charge in [-0.2, -0.15) is 0 Å². The molecule has 0 aliphatic carbocycles. The number of imide groups is 1. The van der Waals surface area contributed by atoms with Gasteiger partial charge in [0.05, 0.1) is 11.7 Å². The van der Waals surface area contributed by atoms with Crippen LogP contribution in [0, 0.1) is 6.92 Å². The van der Waals surface area contributed by atoms with Gasteiger partial charge in [0.2, 0.25) is 0 Å². The van der Waals surface area contributed by atoms with Crippen LogP contribution in [0.15, 0.2) is 10.6 Å². The number of carbonyl (C=O) groups is 2. The topological polar surface area (TPSA) is 78.7 Å². The highest BCUT2D eigenvalue weighted by molar-refractivity contribution is 6.06. The molecule has 126 valence electrons. The number of hydrogen-bond acceptors (Lipinski definition) is 5. The second kappa shape index (κ2) is 5.96. The smallest absolute Gasteiger partial charge is 0.325 e. The molecule has 7 nitrogen and oxygen atoms in total. The van der Waals surface area contributed by atoms with Crippen LogP contribution in [0.3, 0.4) is 0 Å². The van der Waals surface area contributed by atoms with Crippen molar-refractivity contribution in [3.8, 4) is 0 Å². The van der Waals surface area contributed by atoms with Gasteiger partial charge in [-0.3, -0.25) is 14.6 Å². The minimum absolute atomic E-state index is 0.147. The number of carbonyl (C=O) groups excluding carboxylic acids is 2. The summed E-state index contributed by atoms with van der Waals surface area (Å²) in [5.74, 6) is 0.766. The number of urea groups is 1. The summed E-state index contributed by atoms with van der Waals surface area (Å²) in [6.45, 7) is 7.68. The van der Waals surface area contributed by atoms with E-state index in [9.17, 15) is 9.59 Å². The largest absolute Gasteiger partial charge is 0.359 e. The Morgan fingerprint density at radius 3 is 2.78 bits per heavy atom. The average molecular weight is 320 g/mol. The molecule has 1 N–H and O–H groups in total. The minimum atomic E-state index is -0.787. The van der Waals surface area contributed by atoms with Crippen LogP contribution in [0.5, 0.6) is 0 Å². The zero-order chi connectivity index (χ0) is 16.6. The predicted molar refractivity (Wildman–Crippen MR) is 83.7 cm³/mol. The predicted octanol–water partition coefficient (Wildman–Crippen LogP) is 1.84. The maximum Gasteiger partial charge on any atom is 0.325 e. The molecule has 0 aromatic carbocycles. The van der Waals surface area contributed by atoms with Crippen molar-refractivity contribution in [2.24, 2.45) is 0 Å². The van der Waals surface area contributed by atoms with Crippen LogP contribution in [0.1, 0.15) is 50.6 Å². The first-order chi connectivity index (χ1) is 10.9. The zero-order valence-electron chi connectivity index (χ0n) is 14.0. The number of likely N-dealkylation sites (tertiary alicyclic amines) is 1. The van der Waals surface area contributed by atoms with Gasteiger partial charge in [0, 0.05) is 19.2 Å². The Morgan fingerprint density at radius 2 is 2.17 bits per heavy atom. The van der Waals surface area contributed by atoms with Crippen molar-refractivity contribution in [3.63, 3.8) is 0 Å². The summed E-state index contributed by atoms with van der Waals surface area (Å²) in [5.41, 5.74) is 0.110. The lowest BCUT2D eigenvalue weighted by Gasteiger charge is -2.23. The Labute approximate surface area is 136 Å². The molecule has 23 heavy (non-hydrogen) atoms. The van der Waals surface area contributed by atoms with Gasteiger partial charge in [-0.1, -0.05) is 5.16 Å². The molecule has 1 aromatic heterocycles. The van der Waals surface area contributed by atoms with E-state index in [1.807, 2.05) is 13.0 Å². The highest BCUT2D eigenvalue weighted by Crippen LogP contribution is 2.32. The highest BCUT2D eigenvalue weighted by Gasteiger charge is 2.43. The van der Waals surface area contributed by atoms with Gasteiger partial charge in [0.1, 0.15) is 5.54 Å². The van der Waals surface area contributed by atoms with E-state index in [1.54, 1.807) is 13.8 Å². The van der Waals surface area contributed by atoms with Crippen LogP contribution in [0.2, 0.25) is 0 Å². The Balaban J connectivity index is 1.54. The first-order valence-electron chi connectivity index (χ1n) is 8.20. The lowest BCUT2D eigenvalue weighted by atomic mass is 10.1. The number of nitrogens with zero attached hydrogens (tertiary/aromatic N) is 3. The number of nitrogens with one attached hydrogen (secondary N) is 1. The minimum Gasteiger partial charge on any atom is -0.359 e. The van der Waals surface area contributed by atoms with E-state index in [-0.39, 0.29) is 18.0 Å². The lowest BCUT2D eigenvalue weighted by molar-refractivity contribution is -0.130. The number of aryl methyl sites for hydroxylation is 1. The Morgan fingerprint density at radius 1 is 1.39 bits per heavy atom. The highest BCUT2D eigenvalue weighted by atomic mass is 16.5. The molecular formula is C16H24N4O3. The first kappa shape index (κ1) is 16.0. The van der Waals surface area contributed by atoms with Crippen LogP contribution in [-0.4, -0.2) is 52.1 Å². The third-order valence-corrected chi connectivity index (χ3v) is 4.61. The van der Waals surface area contributed by atoms with Gasteiger partial charge >= 0.3 is 6.03 Å². The number of aromatic nitrogens is 1. The van der Waals surface area contributed by atoms with E-state index in [0.29, 0.717) is 6.54 Å². The quantitative estimate of drug-likeness (QED) is 0.838. The van der Waals surface area contributed by atoms with E-state index < -0.39 is 5.54 Å². The van der Waals surface area contributed by atoms with E-state index in [2.05, 4.69) is 15.4 Å². The fourth-order valence-electron chi connectivity index (χ4n) is 3.41. The maximum atomic E-state index is 12.2. The molecule has 1 atom stereocenters. The normalized spacial score (nSPS) is 24.5. The van der Waals surface area contributed by atoms with Crippen molar-refractivity contribution < 1.29 is 14.1 Å². The van der Waals surface area contributed by atoms with Crippen LogP contribution in [0.25, 0.3) is 0 Å². The van der Waals surface area contributed by atoms with E-state index in [0.717, 1.165) is 43.8 Å². The molecule has 2 aliphatic heterocycles. The van der Waals surface area contributed by atoms with Crippen LogP contribution in [0.4, 0.5) is 4.79 Å². The Hall–Kier alpha value is -1.89. The summed E-state index contributed by atoms with van der Waals surface area (Å²) in [6, 6.07) is 1.96. The van der Waals surface area contributed by atoms with Crippen molar-refractivity contribution in [1.82, 2.24) is 20.3 Å². The second-order valence-electron chi connectivity index (χ2n) is 6.93. The molecular weight excluding hydrogens is 296 g/mol. The third kappa shape index (κ3) is 3.10. The Bertz CT molecular complexity index is 610. The summed E-state index contributed by atoms with van der Waals surface area (Å²) in [7, 11) is 0. The van der Waals surface area contributed by atoms with E-state index >= 15 is 0 Å². The van der Waals surface area contributed by atoms with Crippen molar-refractivity contribution in [3.05, 3.63) is 17.5 Å². The number of amides is 3. The summed E-state index contributed by atoms with van der Waals surface area (Å²) < 4.78 is 5.40. The van der Waals surface area contributed by atoms with Crippen LogP contribution >= 0.6 is 0 Å². The first-order valence-corrected chi connectivity index (χ1v) is 8.20.